The Balaban J connectivity index is -0.0000000600. The van der Waals surface area contributed by atoms with E-state index in [4.69, 9.17) is 5.64 Å². The topological polar surface area (TPSA) is 89.0 Å². The third-order valence-corrected chi connectivity index (χ3v) is 1.06. The predicted octanol–water partition coefficient (Wildman–Crippen LogP) is -0.323. The van der Waals surface area contributed by atoms with Crippen molar-refractivity contribution >= 4 is 19.8 Å². The summed E-state index contributed by atoms with van der Waals surface area (Å²) in [5, 5.41) is 0. The van der Waals surface area contributed by atoms with E-state index in [1.807, 2.05) is 0 Å². The van der Waals surface area contributed by atoms with Crippen LogP contribution in [0.1, 0.15) is 26.2 Å². The van der Waals surface area contributed by atoms with Gasteiger partial charge in [0.15, 0.2) is 7.41 Å². The van der Waals surface area contributed by atoms with Crippen LogP contribution in [-0.2, 0) is 0 Å². The minimum absolute atomic E-state index is 0. The maximum atomic E-state index is 5.27. The fourth-order valence-electron chi connectivity index (χ4n) is 0.571. The van der Waals surface area contributed by atoms with E-state index in [1.54, 1.807) is 0 Å². The van der Waals surface area contributed by atoms with Crippen LogP contribution in [0, 0.1) is 0 Å². The first kappa shape index (κ1) is 22.5. The molecule has 0 atom stereocenters. The molecule has 66 valence electrons. The lowest BCUT2D eigenvalue weighted by Crippen LogP contribution is -2.02. The zero-order valence-corrected chi connectivity index (χ0v) is 7.34. The van der Waals surface area contributed by atoms with Crippen LogP contribution in [0.5, 0.6) is 0 Å². The summed E-state index contributed by atoms with van der Waals surface area (Å²) < 4.78 is 0. The van der Waals surface area contributed by atoms with Gasteiger partial charge in [0.1, 0.15) is 0 Å². The Kier molecular flexibility index (Phi) is 51.3. The molecule has 3 nitrogen and oxygen atoms in total. The largest absolute Gasteiger partial charge is 0.412 e. The summed E-state index contributed by atoms with van der Waals surface area (Å²) >= 11 is 0. The molecule has 0 bridgehead atoms. The van der Waals surface area contributed by atoms with Crippen LogP contribution < -0.4 is 5.64 Å². The van der Waals surface area contributed by atoms with E-state index in [0.717, 1.165) is 7.41 Å². The Morgan fingerprint density at radius 3 is 2.00 bits per heavy atom. The van der Waals surface area contributed by atoms with E-state index in [1.165, 1.54) is 25.6 Å². The van der Waals surface area contributed by atoms with Crippen molar-refractivity contribution in [2.24, 2.45) is 5.64 Å². The molecule has 0 aliphatic heterocycles. The number of nitrogens with two attached hydrogens (primary N) is 1. The molecule has 0 radical (unpaired) electrons. The Labute approximate surface area is 69.7 Å². The fraction of sp³-hybridized carbons (Fsp3) is 1.00. The SMILES string of the molecule is CCCCCBN.Cl.O.O. The molecule has 5 heteroatoms. The number of rotatable bonds is 4. The summed E-state index contributed by atoms with van der Waals surface area (Å²) in [7, 11) is 0.861. The molecular formula is C5H19BClNO2. The molecule has 0 amide bonds. The second-order valence-corrected chi connectivity index (χ2v) is 1.85. The van der Waals surface area contributed by atoms with Crippen LogP contribution in [-0.4, -0.2) is 18.4 Å². The molecule has 0 rings (SSSR count). The van der Waals surface area contributed by atoms with Gasteiger partial charge in [0.25, 0.3) is 0 Å². The van der Waals surface area contributed by atoms with Crippen molar-refractivity contribution in [1.29, 1.82) is 0 Å². The van der Waals surface area contributed by atoms with Gasteiger partial charge in [0, 0.05) is 0 Å². The fourth-order valence-corrected chi connectivity index (χ4v) is 0.571. The number of hydrogen-bond acceptors (Lipinski definition) is 1. The predicted molar refractivity (Wildman–Crippen MR) is 50.1 cm³/mol. The van der Waals surface area contributed by atoms with E-state index in [9.17, 15) is 0 Å². The van der Waals surface area contributed by atoms with Gasteiger partial charge in [-0.05, 0) is 0 Å². The summed E-state index contributed by atoms with van der Waals surface area (Å²) in [5.41, 5.74) is 5.27. The van der Waals surface area contributed by atoms with Crippen molar-refractivity contribution in [2.75, 3.05) is 0 Å². The van der Waals surface area contributed by atoms with Gasteiger partial charge in [0.2, 0.25) is 0 Å². The van der Waals surface area contributed by atoms with Gasteiger partial charge in [-0.25, -0.2) is 0 Å². The molecule has 0 aromatic rings. The normalized spacial score (nSPS) is 6.20. The summed E-state index contributed by atoms with van der Waals surface area (Å²) in [6, 6.07) is 0. The lowest BCUT2D eigenvalue weighted by atomic mass is 9.88. The molecule has 0 fully saturated rings. The Bertz CT molecular complexity index is 38.8. The van der Waals surface area contributed by atoms with E-state index in [0.29, 0.717) is 0 Å². The molecule has 0 aliphatic rings. The summed E-state index contributed by atoms with van der Waals surface area (Å²) in [6.45, 7) is 2.20. The lowest BCUT2D eigenvalue weighted by molar-refractivity contribution is 0.768. The first-order chi connectivity index (χ1) is 3.41. The van der Waals surface area contributed by atoms with E-state index >= 15 is 0 Å². The van der Waals surface area contributed by atoms with Crippen LogP contribution in [0.4, 0.5) is 0 Å². The first-order valence-electron chi connectivity index (χ1n) is 3.12. The molecule has 0 saturated carbocycles. The molecule has 0 unspecified atom stereocenters. The molecular weight excluding hydrogens is 152 g/mol. The lowest BCUT2D eigenvalue weighted by Gasteiger charge is -1.89. The van der Waals surface area contributed by atoms with E-state index in [-0.39, 0.29) is 23.4 Å². The Morgan fingerprint density at radius 2 is 1.70 bits per heavy atom. The van der Waals surface area contributed by atoms with E-state index in [2.05, 4.69) is 6.92 Å². The summed E-state index contributed by atoms with van der Waals surface area (Å²) in [4.78, 5) is 0. The average molecular weight is 171 g/mol. The van der Waals surface area contributed by atoms with Crippen LogP contribution in [0.3, 0.4) is 0 Å². The molecule has 0 saturated heterocycles. The van der Waals surface area contributed by atoms with Crippen molar-refractivity contribution in [1.82, 2.24) is 0 Å². The van der Waals surface area contributed by atoms with Gasteiger partial charge < -0.3 is 16.6 Å². The van der Waals surface area contributed by atoms with Crippen molar-refractivity contribution < 1.29 is 11.0 Å². The van der Waals surface area contributed by atoms with Crippen molar-refractivity contribution in [3.05, 3.63) is 0 Å². The van der Waals surface area contributed by atoms with E-state index < -0.39 is 0 Å². The average Bonchev–Trinajstić information content (AvgIpc) is 1.69. The third-order valence-electron chi connectivity index (χ3n) is 1.06. The summed E-state index contributed by atoms with van der Waals surface area (Å²) in [6.07, 6.45) is 5.16. The number of halogens is 1. The van der Waals surface area contributed by atoms with Crippen molar-refractivity contribution in [3.8, 4) is 0 Å². The van der Waals surface area contributed by atoms with Gasteiger partial charge in [0.05, 0.1) is 0 Å². The quantitative estimate of drug-likeness (QED) is 0.456. The van der Waals surface area contributed by atoms with Crippen molar-refractivity contribution in [2.45, 2.75) is 32.5 Å². The molecule has 10 heavy (non-hydrogen) atoms. The molecule has 0 aromatic heterocycles. The van der Waals surface area contributed by atoms with Crippen molar-refractivity contribution in [3.63, 3.8) is 0 Å². The maximum Gasteiger partial charge on any atom is 0.198 e. The first-order valence-corrected chi connectivity index (χ1v) is 3.12. The second kappa shape index (κ2) is 22.9. The number of unbranched alkanes of at least 4 members (excludes halogenated alkanes) is 2. The monoisotopic (exact) mass is 171 g/mol. The molecule has 0 aromatic carbocycles. The number of hydrogen-bond donors (Lipinski definition) is 1. The third kappa shape index (κ3) is 24.0. The van der Waals surface area contributed by atoms with Gasteiger partial charge >= 0.3 is 0 Å². The minimum Gasteiger partial charge on any atom is -0.412 e. The molecule has 0 heterocycles. The van der Waals surface area contributed by atoms with Gasteiger partial charge in [-0.2, -0.15) is 0 Å². The molecule has 6 N–H and O–H groups in total. The summed E-state index contributed by atoms with van der Waals surface area (Å²) in [5.74, 6) is 0. The zero-order valence-electron chi connectivity index (χ0n) is 6.52. The minimum atomic E-state index is 0. The highest BCUT2D eigenvalue weighted by Gasteiger charge is 1.82. The molecule has 0 spiro atoms. The Hall–Kier alpha value is 0.235. The van der Waals surface area contributed by atoms with Crippen LogP contribution in [0.2, 0.25) is 6.32 Å². The Morgan fingerprint density at radius 1 is 1.20 bits per heavy atom. The highest BCUT2D eigenvalue weighted by atomic mass is 35.5. The van der Waals surface area contributed by atoms with Crippen LogP contribution >= 0.6 is 12.4 Å². The van der Waals surface area contributed by atoms with Crippen LogP contribution in [0.15, 0.2) is 0 Å². The second-order valence-electron chi connectivity index (χ2n) is 1.85. The highest BCUT2D eigenvalue weighted by Crippen LogP contribution is 1.95. The zero-order chi connectivity index (χ0) is 5.54. The standard InChI is InChI=1S/C5H14BN.ClH.2H2O/c1-2-3-4-5-6-7;;;/h6H,2-5,7H2,1H3;1H;2*1H2. The molecule has 0 aliphatic carbocycles. The highest BCUT2D eigenvalue weighted by molar-refractivity contribution is 6.30. The maximum absolute atomic E-state index is 5.27. The van der Waals surface area contributed by atoms with Gasteiger partial charge in [-0.1, -0.05) is 32.5 Å². The smallest absolute Gasteiger partial charge is 0.198 e. The van der Waals surface area contributed by atoms with Crippen LogP contribution in [0.25, 0.3) is 0 Å². The van der Waals surface area contributed by atoms with Gasteiger partial charge in [-0.15, -0.1) is 12.4 Å². The van der Waals surface area contributed by atoms with Gasteiger partial charge in [-0.3, -0.25) is 0 Å².